The van der Waals surface area contributed by atoms with Crippen molar-refractivity contribution in [3.05, 3.63) is 59.8 Å². The molecule has 1 aromatic carbocycles. The zero-order valence-corrected chi connectivity index (χ0v) is 14.5. The number of nitrogens with zero attached hydrogens (tertiary/aromatic N) is 2. The van der Waals surface area contributed by atoms with Crippen molar-refractivity contribution in [2.24, 2.45) is 0 Å². The molecule has 4 rings (SSSR count). The predicted octanol–water partition coefficient (Wildman–Crippen LogP) is 3.73. The number of likely N-dealkylation sites (tertiary alicyclic amines) is 1. The van der Waals surface area contributed by atoms with Crippen LogP contribution in [0.15, 0.2) is 42.9 Å². The molecular formula is C20H20FN3O2. The van der Waals surface area contributed by atoms with E-state index in [1.165, 1.54) is 17.8 Å². The molecule has 0 unspecified atom stereocenters. The zero-order chi connectivity index (χ0) is 18.1. The molecule has 0 aliphatic carbocycles. The Morgan fingerprint density at radius 1 is 1.31 bits per heavy atom. The van der Waals surface area contributed by atoms with Crippen molar-refractivity contribution in [1.82, 2.24) is 14.9 Å². The van der Waals surface area contributed by atoms with Crippen LogP contribution in [0.2, 0.25) is 0 Å². The number of aromatic amines is 1. The smallest absolute Gasteiger partial charge is 0.256 e. The number of H-pyrrole nitrogens is 1. The molecular weight excluding hydrogens is 333 g/mol. The van der Waals surface area contributed by atoms with Gasteiger partial charge in [-0.1, -0.05) is 0 Å². The summed E-state index contributed by atoms with van der Waals surface area (Å²) in [5.41, 5.74) is 2.43. The SMILES string of the molecule is COc1ccc2[nH]cc(C3CCN(C(=O)c4ccncc4F)CC3)c2c1. The number of aromatic nitrogens is 2. The Hall–Kier alpha value is -2.89. The van der Waals surface area contributed by atoms with Gasteiger partial charge in [0, 0.05) is 36.4 Å². The molecule has 5 nitrogen and oxygen atoms in total. The van der Waals surface area contributed by atoms with Gasteiger partial charge in [-0.3, -0.25) is 9.78 Å². The molecule has 0 bridgehead atoms. The quantitative estimate of drug-likeness (QED) is 0.780. The molecule has 0 spiro atoms. The van der Waals surface area contributed by atoms with E-state index in [1.807, 2.05) is 18.2 Å². The van der Waals surface area contributed by atoms with Crippen LogP contribution in [0, 0.1) is 5.82 Å². The van der Waals surface area contributed by atoms with E-state index in [0.29, 0.717) is 19.0 Å². The number of benzene rings is 1. The molecule has 0 atom stereocenters. The summed E-state index contributed by atoms with van der Waals surface area (Å²) in [5.74, 6) is 0.369. The number of fused-ring (bicyclic) bond motifs is 1. The van der Waals surface area contributed by atoms with E-state index < -0.39 is 5.82 Å². The van der Waals surface area contributed by atoms with Crippen LogP contribution in [0.4, 0.5) is 4.39 Å². The van der Waals surface area contributed by atoms with Crippen molar-refractivity contribution in [2.75, 3.05) is 20.2 Å². The number of halogens is 1. The molecule has 6 heteroatoms. The van der Waals surface area contributed by atoms with Crippen LogP contribution in [-0.4, -0.2) is 41.0 Å². The average Bonchev–Trinajstić information content (AvgIpc) is 3.11. The molecule has 1 amide bonds. The molecule has 0 radical (unpaired) electrons. The fourth-order valence-electron chi connectivity index (χ4n) is 3.70. The summed E-state index contributed by atoms with van der Waals surface area (Å²) in [7, 11) is 1.66. The van der Waals surface area contributed by atoms with Gasteiger partial charge in [0.15, 0.2) is 5.82 Å². The van der Waals surface area contributed by atoms with Gasteiger partial charge in [-0.2, -0.15) is 0 Å². The van der Waals surface area contributed by atoms with E-state index in [4.69, 9.17) is 4.74 Å². The highest BCUT2D eigenvalue weighted by molar-refractivity contribution is 5.94. The standard InChI is InChI=1S/C20H20FN3O2/c1-26-14-2-3-19-16(10-14)17(11-23-19)13-5-8-24(9-6-13)20(25)15-4-7-22-12-18(15)21/h2-4,7,10-13,23H,5-6,8-9H2,1H3. The van der Waals surface area contributed by atoms with Crippen molar-refractivity contribution in [3.63, 3.8) is 0 Å². The Bertz CT molecular complexity index is 945. The van der Waals surface area contributed by atoms with Crippen molar-refractivity contribution < 1.29 is 13.9 Å². The predicted molar refractivity (Wildman–Crippen MR) is 96.9 cm³/mol. The molecule has 1 saturated heterocycles. The summed E-state index contributed by atoms with van der Waals surface area (Å²) in [6, 6.07) is 7.44. The molecule has 3 heterocycles. The first-order valence-corrected chi connectivity index (χ1v) is 8.71. The van der Waals surface area contributed by atoms with E-state index in [2.05, 4.69) is 16.2 Å². The van der Waals surface area contributed by atoms with Gasteiger partial charge in [0.1, 0.15) is 5.75 Å². The molecule has 1 aliphatic heterocycles. The van der Waals surface area contributed by atoms with Crippen molar-refractivity contribution in [3.8, 4) is 5.75 Å². The topological polar surface area (TPSA) is 58.2 Å². The molecule has 1 fully saturated rings. The first-order chi connectivity index (χ1) is 12.7. The highest BCUT2D eigenvalue weighted by Crippen LogP contribution is 2.35. The minimum atomic E-state index is -0.566. The Morgan fingerprint density at radius 3 is 2.85 bits per heavy atom. The number of carbonyl (C=O) groups excluding carboxylic acids is 1. The number of piperidine rings is 1. The van der Waals surface area contributed by atoms with Crippen LogP contribution in [0.5, 0.6) is 5.75 Å². The number of nitrogens with one attached hydrogen (secondary N) is 1. The molecule has 3 aromatic rings. The van der Waals surface area contributed by atoms with Gasteiger partial charge >= 0.3 is 0 Å². The zero-order valence-electron chi connectivity index (χ0n) is 14.5. The van der Waals surface area contributed by atoms with E-state index in [9.17, 15) is 9.18 Å². The number of ether oxygens (including phenoxy) is 1. The summed E-state index contributed by atoms with van der Waals surface area (Å²) < 4.78 is 19.2. The number of rotatable bonds is 3. The summed E-state index contributed by atoms with van der Waals surface area (Å²) in [6.07, 6.45) is 6.28. The first kappa shape index (κ1) is 16.6. The summed E-state index contributed by atoms with van der Waals surface area (Å²) in [5, 5.41) is 1.16. The third-order valence-electron chi connectivity index (χ3n) is 5.15. The monoisotopic (exact) mass is 353 g/mol. The van der Waals surface area contributed by atoms with Crippen molar-refractivity contribution in [2.45, 2.75) is 18.8 Å². The number of carbonyl (C=O) groups is 1. The van der Waals surface area contributed by atoms with Crippen LogP contribution < -0.4 is 4.74 Å². The molecule has 0 saturated carbocycles. The fraction of sp³-hybridized carbons (Fsp3) is 0.300. The van der Waals surface area contributed by atoms with Crippen LogP contribution in [0.25, 0.3) is 10.9 Å². The van der Waals surface area contributed by atoms with Crippen LogP contribution in [0.1, 0.15) is 34.7 Å². The van der Waals surface area contributed by atoms with Gasteiger partial charge in [0.25, 0.3) is 5.91 Å². The van der Waals surface area contributed by atoms with Gasteiger partial charge in [-0.05, 0) is 48.6 Å². The van der Waals surface area contributed by atoms with E-state index in [1.54, 1.807) is 12.0 Å². The Kier molecular flexibility index (Phi) is 4.32. The summed E-state index contributed by atoms with van der Waals surface area (Å²) >= 11 is 0. The maximum Gasteiger partial charge on any atom is 0.256 e. The second-order valence-corrected chi connectivity index (χ2v) is 6.58. The van der Waals surface area contributed by atoms with Crippen LogP contribution in [-0.2, 0) is 0 Å². The average molecular weight is 353 g/mol. The van der Waals surface area contributed by atoms with E-state index >= 15 is 0 Å². The minimum Gasteiger partial charge on any atom is -0.497 e. The van der Waals surface area contributed by atoms with Gasteiger partial charge in [-0.25, -0.2) is 4.39 Å². The highest BCUT2D eigenvalue weighted by atomic mass is 19.1. The summed E-state index contributed by atoms with van der Waals surface area (Å²) in [4.78, 5) is 21.3. The number of hydrogen-bond donors (Lipinski definition) is 1. The van der Waals surface area contributed by atoms with Gasteiger partial charge in [0.05, 0.1) is 18.9 Å². The lowest BCUT2D eigenvalue weighted by molar-refractivity contribution is 0.0708. The molecule has 1 aliphatic rings. The van der Waals surface area contributed by atoms with Crippen LogP contribution >= 0.6 is 0 Å². The third kappa shape index (κ3) is 2.92. The lowest BCUT2D eigenvalue weighted by Gasteiger charge is -2.32. The number of pyridine rings is 1. The fourth-order valence-corrected chi connectivity index (χ4v) is 3.70. The second-order valence-electron chi connectivity index (χ2n) is 6.58. The van der Waals surface area contributed by atoms with Gasteiger partial charge < -0.3 is 14.6 Å². The van der Waals surface area contributed by atoms with E-state index in [-0.39, 0.29) is 11.5 Å². The van der Waals surface area contributed by atoms with E-state index in [0.717, 1.165) is 35.7 Å². The minimum absolute atomic E-state index is 0.0929. The summed E-state index contributed by atoms with van der Waals surface area (Å²) in [6.45, 7) is 1.23. The maximum absolute atomic E-state index is 13.8. The Labute approximate surface area is 150 Å². The largest absolute Gasteiger partial charge is 0.497 e. The third-order valence-corrected chi connectivity index (χ3v) is 5.15. The molecule has 2 aromatic heterocycles. The van der Waals surface area contributed by atoms with Crippen LogP contribution in [0.3, 0.4) is 0 Å². The lowest BCUT2D eigenvalue weighted by atomic mass is 9.89. The number of hydrogen-bond acceptors (Lipinski definition) is 3. The Balaban J connectivity index is 1.50. The molecule has 134 valence electrons. The Morgan fingerprint density at radius 2 is 2.12 bits per heavy atom. The van der Waals surface area contributed by atoms with Crippen molar-refractivity contribution >= 4 is 16.8 Å². The number of amides is 1. The van der Waals surface area contributed by atoms with Gasteiger partial charge in [0.2, 0.25) is 0 Å². The molecule has 26 heavy (non-hydrogen) atoms. The maximum atomic E-state index is 13.8. The van der Waals surface area contributed by atoms with Crippen molar-refractivity contribution in [1.29, 1.82) is 0 Å². The highest BCUT2D eigenvalue weighted by Gasteiger charge is 2.27. The second kappa shape index (κ2) is 6.78. The first-order valence-electron chi connectivity index (χ1n) is 8.71. The normalized spacial score (nSPS) is 15.4. The lowest BCUT2D eigenvalue weighted by Crippen LogP contribution is -2.38. The van der Waals surface area contributed by atoms with Gasteiger partial charge in [-0.15, -0.1) is 0 Å². The number of methoxy groups -OCH3 is 1. The molecule has 1 N–H and O–H groups in total.